The molecule has 0 spiro atoms. The Kier molecular flexibility index (Phi) is 19.8. The third-order valence-electron chi connectivity index (χ3n) is 4.52. The second-order valence-electron chi connectivity index (χ2n) is 6.97. The van der Waals surface area contributed by atoms with Gasteiger partial charge in [-0.2, -0.15) is 0 Å². The van der Waals surface area contributed by atoms with Crippen LogP contribution in [0.1, 0.15) is 104 Å². The maximum atomic E-state index is 11.9. The molecular formula is C22H43NO3. The molecule has 0 aromatic rings. The number of hydroxylamine groups is 2. The van der Waals surface area contributed by atoms with Crippen molar-refractivity contribution >= 4 is 5.91 Å². The first-order chi connectivity index (χ1) is 12.8. The summed E-state index contributed by atoms with van der Waals surface area (Å²) in [6.07, 6.45) is 21.5. The number of aliphatic hydroxyl groups is 1. The van der Waals surface area contributed by atoms with E-state index in [0.717, 1.165) is 12.8 Å². The molecule has 26 heavy (non-hydrogen) atoms. The molecule has 0 unspecified atom stereocenters. The topological polar surface area (TPSA) is 49.8 Å². The largest absolute Gasteiger partial charge is 0.394 e. The third-order valence-corrected chi connectivity index (χ3v) is 4.52. The molecule has 0 fully saturated rings. The fourth-order valence-corrected chi connectivity index (χ4v) is 2.98. The molecule has 0 aliphatic carbocycles. The zero-order valence-electron chi connectivity index (χ0n) is 17.4. The molecule has 0 aliphatic heterocycles. The minimum absolute atomic E-state index is 0.0153. The van der Waals surface area contributed by atoms with E-state index in [9.17, 15) is 4.79 Å². The lowest BCUT2D eigenvalue weighted by Crippen LogP contribution is -2.33. The first-order valence-electron chi connectivity index (χ1n) is 10.9. The fourth-order valence-electron chi connectivity index (χ4n) is 2.98. The molecule has 0 radical (unpaired) electrons. The van der Waals surface area contributed by atoms with E-state index in [-0.39, 0.29) is 19.1 Å². The predicted molar refractivity (Wildman–Crippen MR) is 110 cm³/mol. The lowest BCUT2D eigenvalue weighted by atomic mass is 10.1. The van der Waals surface area contributed by atoms with Crippen molar-refractivity contribution in [1.82, 2.24) is 5.06 Å². The van der Waals surface area contributed by atoms with Crippen molar-refractivity contribution in [2.45, 2.75) is 104 Å². The van der Waals surface area contributed by atoms with Gasteiger partial charge in [0.25, 0.3) is 0 Å². The molecule has 0 atom stereocenters. The Morgan fingerprint density at radius 3 is 1.92 bits per heavy atom. The summed E-state index contributed by atoms with van der Waals surface area (Å²) in [4.78, 5) is 17.2. The minimum atomic E-state index is -0.0574. The number of unbranched alkanes of at least 4 members (excludes halogenated alkanes) is 11. The van der Waals surface area contributed by atoms with Crippen molar-refractivity contribution in [3.63, 3.8) is 0 Å². The van der Waals surface area contributed by atoms with Crippen LogP contribution < -0.4 is 0 Å². The molecule has 0 aromatic heterocycles. The Balaban J connectivity index is 3.39. The summed E-state index contributed by atoms with van der Waals surface area (Å²) in [5, 5.41) is 10.2. The molecule has 0 aromatic carbocycles. The van der Waals surface area contributed by atoms with Crippen molar-refractivity contribution in [2.24, 2.45) is 0 Å². The summed E-state index contributed by atoms with van der Waals surface area (Å²) in [6.45, 7) is 4.77. The molecule has 1 amide bonds. The average molecular weight is 370 g/mol. The Labute approximate surface area is 161 Å². The summed E-state index contributed by atoms with van der Waals surface area (Å²) >= 11 is 0. The molecule has 4 nitrogen and oxygen atoms in total. The van der Waals surface area contributed by atoms with E-state index in [0.29, 0.717) is 13.0 Å². The van der Waals surface area contributed by atoms with E-state index in [4.69, 9.17) is 9.94 Å². The van der Waals surface area contributed by atoms with Crippen LogP contribution in [0.4, 0.5) is 0 Å². The van der Waals surface area contributed by atoms with Crippen LogP contribution in [0.25, 0.3) is 0 Å². The molecule has 0 saturated heterocycles. The lowest BCUT2D eigenvalue weighted by molar-refractivity contribution is -0.187. The quantitative estimate of drug-likeness (QED) is 0.178. The van der Waals surface area contributed by atoms with Crippen molar-refractivity contribution in [1.29, 1.82) is 0 Å². The van der Waals surface area contributed by atoms with Crippen LogP contribution in [0.5, 0.6) is 0 Å². The van der Waals surface area contributed by atoms with E-state index >= 15 is 0 Å². The maximum Gasteiger partial charge on any atom is 0.246 e. The SMILES string of the molecule is CCCCCCCC/C=C\CCCCCCCC(=O)N(CCO)OCC. The Morgan fingerprint density at radius 2 is 1.38 bits per heavy atom. The number of aliphatic hydroxyl groups excluding tert-OH is 1. The van der Waals surface area contributed by atoms with Gasteiger partial charge in [0.1, 0.15) is 0 Å². The van der Waals surface area contributed by atoms with E-state index < -0.39 is 0 Å². The minimum Gasteiger partial charge on any atom is -0.394 e. The number of hydrogen-bond donors (Lipinski definition) is 1. The summed E-state index contributed by atoms with van der Waals surface area (Å²) in [7, 11) is 0. The first-order valence-corrected chi connectivity index (χ1v) is 10.9. The fraction of sp³-hybridized carbons (Fsp3) is 0.864. The molecule has 0 bridgehead atoms. The van der Waals surface area contributed by atoms with Gasteiger partial charge in [-0.1, -0.05) is 70.4 Å². The Morgan fingerprint density at radius 1 is 0.846 bits per heavy atom. The average Bonchev–Trinajstić information content (AvgIpc) is 2.64. The van der Waals surface area contributed by atoms with Gasteiger partial charge in [0, 0.05) is 6.42 Å². The summed E-state index contributed by atoms with van der Waals surface area (Å²) in [5.74, 6) is -0.0153. The number of carbonyl (C=O) groups is 1. The number of allylic oxidation sites excluding steroid dienone is 2. The first kappa shape index (κ1) is 25.1. The molecule has 1 N–H and O–H groups in total. The van der Waals surface area contributed by atoms with Gasteiger partial charge >= 0.3 is 0 Å². The number of nitrogens with zero attached hydrogens (tertiary/aromatic N) is 1. The highest BCUT2D eigenvalue weighted by Crippen LogP contribution is 2.10. The number of amides is 1. The van der Waals surface area contributed by atoms with Crippen LogP contribution in [-0.4, -0.2) is 35.8 Å². The lowest BCUT2D eigenvalue weighted by Gasteiger charge is -2.19. The van der Waals surface area contributed by atoms with Crippen molar-refractivity contribution in [3.8, 4) is 0 Å². The highest BCUT2D eigenvalue weighted by atomic mass is 16.7. The monoisotopic (exact) mass is 369 g/mol. The van der Waals surface area contributed by atoms with Crippen molar-refractivity contribution in [2.75, 3.05) is 19.8 Å². The van der Waals surface area contributed by atoms with Crippen LogP contribution in [0, 0.1) is 0 Å². The molecule has 0 rings (SSSR count). The van der Waals surface area contributed by atoms with Gasteiger partial charge < -0.3 is 5.11 Å². The Hall–Kier alpha value is -0.870. The van der Waals surface area contributed by atoms with Crippen LogP contribution in [-0.2, 0) is 9.63 Å². The summed E-state index contributed by atoms with van der Waals surface area (Å²) in [6, 6.07) is 0. The van der Waals surface area contributed by atoms with Gasteiger partial charge in [-0.05, 0) is 39.0 Å². The smallest absolute Gasteiger partial charge is 0.246 e. The van der Waals surface area contributed by atoms with E-state index in [1.54, 1.807) is 0 Å². The zero-order chi connectivity index (χ0) is 19.3. The van der Waals surface area contributed by atoms with Crippen LogP contribution >= 0.6 is 0 Å². The Bertz CT molecular complexity index is 325. The number of rotatable bonds is 19. The molecule has 154 valence electrons. The van der Waals surface area contributed by atoms with Gasteiger partial charge in [0.2, 0.25) is 5.91 Å². The normalized spacial score (nSPS) is 11.3. The van der Waals surface area contributed by atoms with E-state index in [1.165, 1.54) is 75.7 Å². The highest BCUT2D eigenvalue weighted by molar-refractivity contribution is 5.74. The second kappa shape index (κ2) is 20.4. The molecular weight excluding hydrogens is 326 g/mol. The van der Waals surface area contributed by atoms with Crippen molar-refractivity contribution < 1.29 is 14.7 Å². The van der Waals surface area contributed by atoms with Gasteiger partial charge in [-0.3, -0.25) is 9.63 Å². The summed E-state index contributed by atoms with van der Waals surface area (Å²) in [5.41, 5.74) is 0. The number of carbonyl (C=O) groups excluding carboxylic acids is 1. The summed E-state index contributed by atoms with van der Waals surface area (Å²) < 4.78 is 0. The standard InChI is InChI=1S/C22H43NO3/c1-3-5-6-7-8-9-10-11-12-13-14-15-16-17-18-19-22(25)23(20-21-24)26-4-2/h11-12,24H,3-10,13-21H2,1-2H3/b12-11-. The molecule has 4 heteroatoms. The number of hydrogen-bond acceptors (Lipinski definition) is 3. The van der Waals surface area contributed by atoms with Gasteiger partial charge in [0.05, 0.1) is 19.8 Å². The van der Waals surface area contributed by atoms with Crippen LogP contribution in [0.15, 0.2) is 12.2 Å². The van der Waals surface area contributed by atoms with Gasteiger partial charge in [-0.15, -0.1) is 0 Å². The molecule has 0 saturated carbocycles. The predicted octanol–water partition coefficient (Wildman–Crippen LogP) is 5.80. The van der Waals surface area contributed by atoms with Crippen LogP contribution in [0.2, 0.25) is 0 Å². The second-order valence-corrected chi connectivity index (χ2v) is 6.97. The van der Waals surface area contributed by atoms with E-state index in [2.05, 4.69) is 19.1 Å². The maximum absolute atomic E-state index is 11.9. The van der Waals surface area contributed by atoms with Crippen molar-refractivity contribution in [3.05, 3.63) is 12.2 Å². The van der Waals surface area contributed by atoms with Crippen LogP contribution in [0.3, 0.4) is 0 Å². The third kappa shape index (κ3) is 16.6. The van der Waals surface area contributed by atoms with Gasteiger partial charge in [0.15, 0.2) is 0 Å². The van der Waals surface area contributed by atoms with Gasteiger partial charge in [-0.25, -0.2) is 5.06 Å². The highest BCUT2D eigenvalue weighted by Gasteiger charge is 2.12. The van der Waals surface area contributed by atoms with E-state index in [1.807, 2.05) is 6.92 Å². The zero-order valence-corrected chi connectivity index (χ0v) is 17.4. The molecule has 0 heterocycles. The molecule has 0 aliphatic rings.